The molecular weight excluding hydrogens is 350 g/mol. The highest BCUT2D eigenvalue weighted by Crippen LogP contribution is 2.19. The first kappa shape index (κ1) is 17.7. The van der Waals surface area contributed by atoms with Crippen molar-refractivity contribution < 1.29 is 4.79 Å². The summed E-state index contributed by atoms with van der Waals surface area (Å²) >= 11 is 5.91. The Morgan fingerprint density at radius 2 is 1.69 bits per heavy atom. The monoisotopic (exact) mass is 367 g/mol. The minimum absolute atomic E-state index is 0.297. The van der Waals surface area contributed by atoms with E-state index in [2.05, 4.69) is 20.6 Å². The van der Waals surface area contributed by atoms with Crippen LogP contribution in [0.2, 0.25) is 5.02 Å². The molecule has 26 heavy (non-hydrogen) atoms. The number of amides is 1. The molecule has 1 amide bonds. The zero-order valence-electron chi connectivity index (χ0n) is 14.4. The lowest BCUT2D eigenvalue weighted by molar-refractivity contribution is 0.102. The van der Waals surface area contributed by atoms with Crippen molar-refractivity contribution in [3.8, 4) is 0 Å². The van der Waals surface area contributed by atoms with Crippen LogP contribution >= 0.6 is 11.6 Å². The standard InChI is InChI=1S/C19H18ClN5O/c1-25(2)17-8-6-15(7-9-17)24-19-21-11-13(12-22-19)18(26)23-16-5-3-4-14(20)10-16/h3-12H,1-2H3,(H,23,26)(H,21,22,24). The Morgan fingerprint density at radius 1 is 1.00 bits per heavy atom. The zero-order chi connectivity index (χ0) is 18.5. The molecule has 132 valence electrons. The molecule has 0 aliphatic rings. The Kier molecular flexibility index (Phi) is 5.34. The van der Waals surface area contributed by atoms with Gasteiger partial charge in [-0.3, -0.25) is 4.79 Å². The molecule has 2 aromatic carbocycles. The largest absolute Gasteiger partial charge is 0.378 e. The first-order chi connectivity index (χ1) is 12.5. The summed E-state index contributed by atoms with van der Waals surface area (Å²) in [5, 5.41) is 6.41. The van der Waals surface area contributed by atoms with E-state index in [1.807, 2.05) is 43.3 Å². The molecule has 0 fully saturated rings. The van der Waals surface area contributed by atoms with Crippen molar-refractivity contribution >= 4 is 40.5 Å². The van der Waals surface area contributed by atoms with Crippen molar-refractivity contribution in [3.63, 3.8) is 0 Å². The highest BCUT2D eigenvalue weighted by Gasteiger charge is 2.08. The molecule has 3 aromatic rings. The maximum atomic E-state index is 12.2. The van der Waals surface area contributed by atoms with Gasteiger partial charge < -0.3 is 15.5 Å². The summed E-state index contributed by atoms with van der Waals surface area (Å²) < 4.78 is 0. The topological polar surface area (TPSA) is 70.2 Å². The van der Waals surface area contributed by atoms with Gasteiger partial charge >= 0.3 is 0 Å². The highest BCUT2D eigenvalue weighted by atomic mass is 35.5. The molecule has 0 atom stereocenters. The van der Waals surface area contributed by atoms with Crippen LogP contribution in [0, 0.1) is 0 Å². The number of benzene rings is 2. The molecule has 2 N–H and O–H groups in total. The second kappa shape index (κ2) is 7.84. The van der Waals surface area contributed by atoms with E-state index in [1.165, 1.54) is 12.4 Å². The quantitative estimate of drug-likeness (QED) is 0.707. The number of aromatic nitrogens is 2. The third-order valence-electron chi connectivity index (χ3n) is 3.64. The van der Waals surface area contributed by atoms with Crippen molar-refractivity contribution in [2.45, 2.75) is 0 Å². The van der Waals surface area contributed by atoms with Crippen LogP contribution < -0.4 is 15.5 Å². The van der Waals surface area contributed by atoms with Crippen molar-refractivity contribution in [1.82, 2.24) is 9.97 Å². The van der Waals surface area contributed by atoms with Crippen LogP contribution in [-0.2, 0) is 0 Å². The molecular formula is C19H18ClN5O. The summed E-state index contributed by atoms with van der Waals surface area (Å²) in [5.74, 6) is 0.121. The summed E-state index contributed by atoms with van der Waals surface area (Å²) in [7, 11) is 3.97. The van der Waals surface area contributed by atoms with Crippen LogP contribution in [0.4, 0.5) is 23.0 Å². The minimum Gasteiger partial charge on any atom is -0.378 e. The SMILES string of the molecule is CN(C)c1ccc(Nc2ncc(C(=O)Nc3cccc(Cl)c3)cn2)cc1. The van der Waals surface area contributed by atoms with E-state index in [9.17, 15) is 4.79 Å². The van der Waals surface area contributed by atoms with Gasteiger partial charge in [-0.15, -0.1) is 0 Å². The summed E-state index contributed by atoms with van der Waals surface area (Å²) in [4.78, 5) is 22.6. The maximum Gasteiger partial charge on any atom is 0.258 e. The van der Waals surface area contributed by atoms with Crippen LogP contribution in [-0.4, -0.2) is 30.0 Å². The minimum atomic E-state index is -0.297. The van der Waals surface area contributed by atoms with Crippen molar-refractivity contribution in [1.29, 1.82) is 0 Å². The predicted octanol–water partition coefficient (Wildman–Crippen LogP) is 4.19. The molecule has 0 saturated carbocycles. The van der Waals surface area contributed by atoms with Crippen LogP contribution in [0.1, 0.15) is 10.4 Å². The van der Waals surface area contributed by atoms with Gasteiger partial charge in [-0.1, -0.05) is 17.7 Å². The van der Waals surface area contributed by atoms with E-state index in [4.69, 9.17) is 11.6 Å². The molecule has 6 nitrogen and oxygen atoms in total. The van der Waals surface area contributed by atoms with E-state index < -0.39 is 0 Å². The van der Waals surface area contributed by atoms with Gasteiger partial charge in [0.1, 0.15) is 0 Å². The summed E-state index contributed by atoms with van der Waals surface area (Å²) in [6.07, 6.45) is 2.95. The van der Waals surface area contributed by atoms with E-state index in [0.29, 0.717) is 22.2 Å². The molecule has 0 aliphatic carbocycles. The molecule has 0 unspecified atom stereocenters. The van der Waals surface area contributed by atoms with Gasteiger partial charge in [-0.2, -0.15) is 0 Å². The van der Waals surface area contributed by atoms with Crippen molar-refractivity contribution in [2.75, 3.05) is 29.6 Å². The fourth-order valence-corrected chi connectivity index (χ4v) is 2.44. The molecule has 0 bridgehead atoms. The van der Waals surface area contributed by atoms with Gasteiger partial charge in [0, 0.05) is 48.6 Å². The van der Waals surface area contributed by atoms with E-state index >= 15 is 0 Å². The molecule has 7 heteroatoms. The molecule has 0 aliphatic heterocycles. The highest BCUT2D eigenvalue weighted by molar-refractivity contribution is 6.30. The molecule has 3 rings (SSSR count). The molecule has 0 spiro atoms. The smallest absolute Gasteiger partial charge is 0.258 e. The van der Waals surface area contributed by atoms with E-state index in [1.54, 1.807) is 24.3 Å². The predicted molar refractivity (Wildman–Crippen MR) is 105 cm³/mol. The first-order valence-electron chi connectivity index (χ1n) is 7.94. The fourth-order valence-electron chi connectivity index (χ4n) is 2.25. The average molecular weight is 368 g/mol. The normalized spacial score (nSPS) is 10.3. The number of anilines is 4. The number of rotatable bonds is 5. The van der Waals surface area contributed by atoms with Gasteiger partial charge in [0.05, 0.1) is 5.56 Å². The van der Waals surface area contributed by atoms with Gasteiger partial charge in [-0.25, -0.2) is 9.97 Å². The summed E-state index contributed by atoms with van der Waals surface area (Å²) in [6.45, 7) is 0. The zero-order valence-corrected chi connectivity index (χ0v) is 15.2. The van der Waals surface area contributed by atoms with Crippen LogP contribution in [0.15, 0.2) is 60.9 Å². The Bertz CT molecular complexity index is 895. The lowest BCUT2D eigenvalue weighted by atomic mass is 10.2. The summed E-state index contributed by atoms with van der Waals surface area (Å²) in [6, 6.07) is 14.8. The van der Waals surface area contributed by atoms with Crippen LogP contribution in [0.3, 0.4) is 0 Å². The molecule has 0 saturated heterocycles. The van der Waals surface area contributed by atoms with Crippen molar-refractivity contribution in [2.24, 2.45) is 0 Å². The third-order valence-corrected chi connectivity index (χ3v) is 3.87. The fraction of sp³-hybridized carbons (Fsp3) is 0.105. The number of hydrogen-bond acceptors (Lipinski definition) is 5. The Labute approximate surface area is 156 Å². The molecule has 1 aromatic heterocycles. The molecule has 0 radical (unpaired) electrons. The van der Waals surface area contributed by atoms with Crippen LogP contribution in [0.5, 0.6) is 0 Å². The van der Waals surface area contributed by atoms with Crippen molar-refractivity contribution in [3.05, 3.63) is 71.5 Å². The number of nitrogens with one attached hydrogen (secondary N) is 2. The van der Waals surface area contributed by atoms with Gasteiger partial charge in [0.2, 0.25) is 5.95 Å². The lowest BCUT2D eigenvalue weighted by Crippen LogP contribution is -2.13. The van der Waals surface area contributed by atoms with Gasteiger partial charge in [0.25, 0.3) is 5.91 Å². The third kappa shape index (κ3) is 4.49. The van der Waals surface area contributed by atoms with E-state index in [-0.39, 0.29) is 5.91 Å². The number of hydrogen-bond donors (Lipinski definition) is 2. The average Bonchev–Trinajstić information content (AvgIpc) is 2.63. The Morgan fingerprint density at radius 3 is 2.31 bits per heavy atom. The Balaban J connectivity index is 1.65. The molecule has 1 heterocycles. The number of carbonyl (C=O) groups is 1. The number of halogens is 1. The Hall–Kier alpha value is -3.12. The lowest BCUT2D eigenvalue weighted by Gasteiger charge is -2.13. The first-order valence-corrected chi connectivity index (χ1v) is 8.32. The number of nitrogens with zero attached hydrogens (tertiary/aromatic N) is 3. The maximum absolute atomic E-state index is 12.2. The second-order valence-electron chi connectivity index (χ2n) is 5.83. The van der Waals surface area contributed by atoms with E-state index in [0.717, 1.165) is 11.4 Å². The second-order valence-corrected chi connectivity index (χ2v) is 6.26. The van der Waals surface area contributed by atoms with Crippen LogP contribution in [0.25, 0.3) is 0 Å². The van der Waals surface area contributed by atoms with Gasteiger partial charge in [0.15, 0.2) is 0 Å². The number of carbonyl (C=O) groups excluding carboxylic acids is 1. The summed E-state index contributed by atoms with van der Waals surface area (Å²) in [5.41, 5.74) is 2.94. The van der Waals surface area contributed by atoms with Gasteiger partial charge in [-0.05, 0) is 42.5 Å².